The van der Waals surface area contributed by atoms with Crippen LogP contribution in [0.25, 0.3) is 28.1 Å². The third kappa shape index (κ3) is 9.63. The SMILES string of the molecule is COC(=O)N[C@H](C(=O)N1CCOC/C1=C1/NC=C(c2ccc(-c3ccc(-c4cnc(C5C[C@H](OC(=O)N6Cc7ccc8c(c7C6)OCO8)CN5C(=O)[C@@H](NC(=O)OC)C(C)C)[nH]4)cc3)cc2)N1)C(C)C. The minimum atomic E-state index is -0.905. The van der Waals surface area contributed by atoms with E-state index in [-0.39, 0.29) is 50.0 Å². The van der Waals surface area contributed by atoms with Gasteiger partial charge < -0.3 is 64.5 Å². The van der Waals surface area contributed by atoms with Crippen LogP contribution in [0.2, 0.25) is 0 Å². The summed E-state index contributed by atoms with van der Waals surface area (Å²) in [7, 11) is 2.51. The fraction of sp³-hybridized carbons (Fsp3) is 0.400. The van der Waals surface area contributed by atoms with E-state index in [1.54, 1.807) is 20.9 Å². The predicted octanol–water partition coefficient (Wildman–Crippen LogP) is 5.55. The normalized spacial score (nSPS) is 20.1. The van der Waals surface area contributed by atoms with Gasteiger partial charge in [0.2, 0.25) is 18.6 Å². The van der Waals surface area contributed by atoms with Gasteiger partial charge in [-0.2, -0.15) is 0 Å². The molecule has 5 amide bonds. The molecule has 368 valence electrons. The van der Waals surface area contributed by atoms with Crippen LogP contribution in [0.3, 0.4) is 0 Å². The van der Waals surface area contributed by atoms with E-state index >= 15 is 0 Å². The zero-order valence-electron chi connectivity index (χ0n) is 39.8. The number of fused-ring (bicyclic) bond motifs is 3. The number of alkyl carbamates (subject to hydrolysis) is 2. The van der Waals surface area contributed by atoms with Crippen LogP contribution in [0.15, 0.2) is 84.6 Å². The van der Waals surface area contributed by atoms with Crippen molar-refractivity contribution in [1.29, 1.82) is 0 Å². The summed E-state index contributed by atoms with van der Waals surface area (Å²) in [5, 5.41) is 12.0. The maximum atomic E-state index is 14.3. The number of H-pyrrole nitrogens is 1. The Kier molecular flexibility index (Phi) is 13.6. The number of imidazole rings is 1. The Hall–Kier alpha value is -7.74. The molecule has 1 aromatic heterocycles. The molecule has 3 aromatic carbocycles. The number of ether oxygens (including phenoxy) is 6. The number of morpholine rings is 1. The van der Waals surface area contributed by atoms with Crippen LogP contribution in [0.5, 0.6) is 11.5 Å². The summed E-state index contributed by atoms with van der Waals surface area (Å²) in [5.41, 5.74) is 7.78. The minimum absolute atomic E-state index is 0.0891. The molecule has 4 aromatic rings. The summed E-state index contributed by atoms with van der Waals surface area (Å²) in [6, 6.07) is 17.6. The number of likely N-dealkylation sites (tertiary alicyclic amines) is 1. The molecule has 9 rings (SSSR count). The second kappa shape index (κ2) is 20.1. The fourth-order valence-corrected chi connectivity index (χ4v) is 9.31. The third-order valence-electron chi connectivity index (χ3n) is 13.1. The van der Waals surface area contributed by atoms with Crippen molar-refractivity contribution in [3.63, 3.8) is 0 Å². The zero-order valence-corrected chi connectivity index (χ0v) is 39.8. The molecule has 1 unspecified atom stereocenters. The monoisotopic (exact) mass is 959 g/mol. The quantitative estimate of drug-likeness (QED) is 0.116. The number of aromatic amines is 1. The van der Waals surface area contributed by atoms with E-state index in [9.17, 15) is 24.0 Å². The molecule has 4 atom stereocenters. The molecule has 5 aliphatic heterocycles. The molecule has 5 aliphatic rings. The Balaban J connectivity index is 0.871. The van der Waals surface area contributed by atoms with Gasteiger partial charge in [-0.1, -0.05) is 82.3 Å². The Morgan fingerprint density at radius 1 is 0.800 bits per heavy atom. The van der Waals surface area contributed by atoms with Gasteiger partial charge in [-0.05, 0) is 45.7 Å². The molecule has 0 bridgehead atoms. The maximum absolute atomic E-state index is 14.3. The number of amides is 5. The molecular formula is C50H57N9O11. The number of nitrogens with zero attached hydrogens (tertiary/aromatic N) is 4. The Bertz CT molecular complexity index is 2720. The highest BCUT2D eigenvalue weighted by molar-refractivity contribution is 5.88. The molecule has 70 heavy (non-hydrogen) atoms. The van der Waals surface area contributed by atoms with Crippen molar-refractivity contribution in [2.24, 2.45) is 11.8 Å². The molecule has 2 saturated heterocycles. The van der Waals surface area contributed by atoms with Gasteiger partial charge in [0.15, 0.2) is 11.5 Å². The summed E-state index contributed by atoms with van der Waals surface area (Å²) >= 11 is 0. The Labute approximate surface area is 404 Å². The van der Waals surface area contributed by atoms with Gasteiger partial charge in [-0.25, -0.2) is 19.4 Å². The highest BCUT2D eigenvalue weighted by atomic mass is 16.7. The Morgan fingerprint density at radius 3 is 2.13 bits per heavy atom. The number of aromatic nitrogens is 2. The zero-order chi connectivity index (χ0) is 49.2. The van der Waals surface area contributed by atoms with E-state index in [2.05, 4.69) is 26.3 Å². The molecule has 0 aliphatic carbocycles. The number of nitrogens with one attached hydrogen (secondary N) is 5. The second-order valence-corrected chi connectivity index (χ2v) is 18.3. The van der Waals surface area contributed by atoms with Gasteiger partial charge in [0.25, 0.3) is 0 Å². The van der Waals surface area contributed by atoms with Crippen LogP contribution >= 0.6 is 0 Å². The summed E-state index contributed by atoms with van der Waals surface area (Å²) in [4.78, 5) is 79.1. The van der Waals surface area contributed by atoms with E-state index in [1.807, 2.05) is 94.6 Å². The first kappa shape index (κ1) is 47.3. The summed E-state index contributed by atoms with van der Waals surface area (Å²) in [5.74, 6) is 1.37. The highest BCUT2D eigenvalue weighted by Crippen LogP contribution is 2.42. The fourth-order valence-electron chi connectivity index (χ4n) is 9.31. The number of carbonyl (C=O) groups excluding carboxylic acids is 5. The van der Waals surface area contributed by atoms with Gasteiger partial charge in [-0.15, -0.1) is 0 Å². The molecule has 6 heterocycles. The van der Waals surface area contributed by atoms with E-state index in [0.717, 1.165) is 44.8 Å². The number of methoxy groups -OCH3 is 2. The first-order valence-electron chi connectivity index (χ1n) is 23.3. The van der Waals surface area contributed by atoms with Crippen LogP contribution < -0.4 is 30.7 Å². The lowest BCUT2D eigenvalue weighted by Gasteiger charge is -2.34. The van der Waals surface area contributed by atoms with Crippen molar-refractivity contribution in [1.82, 2.24) is 45.9 Å². The van der Waals surface area contributed by atoms with Gasteiger partial charge >= 0.3 is 18.3 Å². The molecule has 20 nitrogen and oxygen atoms in total. The van der Waals surface area contributed by atoms with E-state index < -0.39 is 42.5 Å². The number of hydrogen-bond donors (Lipinski definition) is 5. The molecule has 2 fully saturated rings. The molecule has 0 saturated carbocycles. The first-order chi connectivity index (χ1) is 33.8. The number of carbonyl (C=O) groups is 5. The third-order valence-corrected chi connectivity index (χ3v) is 13.1. The first-order valence-corrected chi connectivity index (χ1v) is 23.3. The van der Waals surface area contributed by atoms with E-state index in [4.69, 9.17) is 33.4 Å². The second-order valence-electron chi connectivity index (χ2n) is 18.3. The molecular weight excluding hydrogens is 903 g/mol. The predicted molar refractivity (Wildman–Crippen MR) is 253 cm³/mol. The van der Waals surface area contributed by atoms with Crippen LogP contribution in [0, 0.1) is 11.8 Å². The van der Waals surface area contributed by atoms with Crippen molar-refractivity contribution in [3.05, 3.63) is 107 Å². The lowest BCUT2D eigenvalue weighted by Crippen LogP contribution is -2.53. The summed E-state index contributed by atoms with van der Waals surface area (Å²) in [6.45, 7) is 9.17. The van der Waals surface area contributed by atoms with Crippen molar-refractivity contribution < 1.29 is 52.4 Å². The largest absolute Gasteiger partial charge is 0.454 e. The Morgan fingerprint density at radius 2 is 1.46 bits per heavy atom. The van der Waals surface area contributed by atoms with Crippen LogP contribution in [0.4, 0.5) is 14.4 Å². The highest BCUT2D eigenvalue weighted by Gasteiger charge is 2.44. The van der Waals surface area contributed by atoms with Crippen LogP contribution in [-0.2, 0) is 41.6 Å². The number of rotatable bonds is 11. The summed E-state index contributed by atoms with van der Waals surface area (Å²) < 4.78 is 32.7. The minimum Gasteiger partial charge on any atom is -0.454 e. The maximum Gasteiger partial charge on any atom is 0.410 e. The van der Waals surface area contributed by atoms with Crippen LogP contribution in [0.1, 0.15) is 62.7 Å². The molecule has 5 N–H and O–H groups in total. The van der Waals surface area contributed by atoms with E-state index in [1.165, 1.54) is 14.2 Å². The van der Waals surface area contributed by atoms with Crippen molar-refractivity contribution in [2.45, 2.75) is 71.4 Å². The van der Waals surface area contributed by atoms with Crippen molar-refractivity contribution in [2.75, 3.05) is 47.3 Å². The van der Waals surface area contributed by atoms with Gasteiger partial charge in [0.1, 0.15) is 29.8 Å². The van der Waals surface area contributed by atoms with Crippen LogP contribution in [-0.4, -0.2) is 120 Å². The summed E-state index contributed by atoms with van der Waals surface area (Å²) in [6.07, 6.45) is 1.26. The van der Waals surface area contributed by atoms with Gasteiger partial charge in [0, 0.05) is 31.3 Å². The average Bonchev–Trinajstić information content (AvgIpc) is 4.24. The molecule has 20 heteroatoms. The van der Waals surface area contributed by atoms with Crippen molar-refractivity contribution >= 4 is 35.8 Å². The van der Waals surface area contributed by atoms with E-state index in [0.29, 0.717) is 55.1 Å². The van der Waals surface area contributed by atoms with Crippen molar-refractivity contribution in [3.8, 4) is 33.9 Å². The number of hydrogen-bond acceptors (Lipinski definition) is 14. The van der Waals surface area contributed by atoms with Gasteiger partial charge in [-0.3, -0.25) is 14.5 Å². The van der Waals surface area contributed by atoms with Gasteiger partial charge in [0.05, 0.1) is 69.8 Å². The molecule has 0 spiro atoms. The lowest BCUT2D eigenvalue weighted by molar-refractivity contribution is -0.136. The molecule has 0 radical (unpaired) electrons. The topological polar surface area (TPSA) is 227 Å². The lowest BCUT2D eigenvalue weighted by atomic mass is 10.0. The standard InChI is InChI=1S/C50H57N9O11/c1-27(2)41(55-48(62)65-5)46(60)58-17-18-67-25-39(58)45-52-21-37(54-45)32-13-9-30(10-14-32)29-7-11-31(12-8-29)36-20-51-44(53-36)38-19-34(23-59(38)47(61)42(28(3)4)56-49(63)66-6)70-50(64)57-22-33-15-16-40-43(35(33)24-57)69-26-68-40/h7-16,20-21,27-28,34,38,41-42,52,54H,17-19,22-26H2,1-6H3,(H,51,53)(H,55,62)(H,56,63)/b45-39+/t34-,38?,41-,42-/m0/s1. The average molecular weight is 960 g/mol. The smallest absolute Gasteiger partial charge is 0.410 e. The number of benzene rings is 3.